The van der Waals surface area contributed by atoms with Gasteiger partial charge in [-0.25, -0.2) is 8.42 Å². The van der Waals surface area contributed by atoms with Gasteiger partial charge in [0.1, 0.15) is 0 Å². The third kappa shape index (κ3) is 3.83. The van der Waals surface area contributed by atoms with Gasteiger partial charge in [-0.1, -0.05) is 6.07 Å². The number of aliphatic carboxylic acids is 1. The van der Waals surface area contributed by atoms with Crippen molar-refractivity contribution < 1.29 is 18.3 Å². The van der Waals surface area contributed by atoms with Crippen molar-refractivity contribution in [1.82, 2.24) is 4.31 Å². The number of sulfonamides is 1. The molecule has 0 aliphatic carbocycles. The second-order valence-electron chi connectivity index (χ2n) is 5.77. The Balaban J connectivity index is 2.13. The summed E-state index contributed by atoms with van der Waals surface area (Å²) >= 11 is 0. The number of hydrogen-bond donors (Lipinski definition) is 1. The first kappa shape index (κ1) is 16.0. The van der Waals surface area contributed by atoms with E-state index in [4.69, 9.17) is 5.11 Å². The first-order valence-corrected chi connectivity index (χ1v) is 8.53. The number of carboxylic acids is 1. The van der Waals surface area contributed by atoms with Gasteiger partial charge in [0.15, 0.2) is 0 Å². The Morgan fingerprint density at radius 1 is 1.19 bits per heavy atom. The summed E-state index contributed by atoms with van der Waals surface area (Å²) in [5, 5.41) is 8.80. The number of piperidine rings is 1. The topological polar surface area (TPSA) is 74.7 Å². The van der Waals surface area contributed by atoms with Crippen LogP contribution in [-0.2, 0) is 14.8 Å². The van der Waals surface area contributed by atoms with E-state index in [-0.39, 0.29) is 12.3 Å². The van der Waals surface area contributed by atoms with Crippen LogP contribution in [0.3, 0.4) is 0 Å². The van der Waals surface area contributed by atoms with Gasteiger partial charge in [0.2, 0.25) is 10.0 Å². The van der Waals surface area contributed by atoms with Crippen molar-refractivity contribution in [2.24, 2.45) is 5.92 Å². The van der Waals surface area contributed by atoms with Crippen LogP contribution in [0.5, 0.6) is 0 Å². The van der Waals surface area contributed by atoms with Crippen LogP contribution in [0.1, 0.15) is 30.4 Å². The number of nitrogens with zero attached hydrogens (tertiary/aromatic N) is 1. The second kappa shape index (κ2) is 6.15. The van der Waals surface area contributed by atoms with E-state index in [1.54, 1.807) is 12.1 Å². The minimum Gasteiger partial charge on any atom is -0.481 e. The van der Waals surface area contributed by atoms with Crippen LogP contribution in [0.15, 0.2) is 23.1 Å². The van der Waals surface area contributed by atoms with Crippen molar-refractivity contribution in [3.63, 3.8) is 0 Å². The maximum Gasteiger partial charge on any atom is 0.303 e. The van der Waals surface area contributed by atoms with Crippen molar-refractivity contribution in [2.75, 3.05) is 13.1 Å². The minimum absolute atomic E-state index is 0.0770. The number of benzene rings is 1. The smallest absolute Gasteiger partial charge is 0.303 e. The molecule has 0 spiro atoms. The van der Waals surface area contributed by atoms with Crippen LogP contribution in [0, 0.1) is 19.8 Å². The third-order valence-electron chi connectivity index (χ3n) is 3.87. The Labute approximate surface area is 125 Å². The SMILES string of the molecule is Cc1cc(C)cc(S(=O)(=O)N2CCC(CC(=O)O)CC2)c1. The monoisotopic (exact) mass is 311 g/mol. The van der Waals surface area contributed by atoms with Crippen molar-refractivity contribution in [3.05, 3.63) is 29.3 Å². The molecular weight excluding hydrogens is 290 g/mol. The van der Waals surface area contributed by atoms with Gasteiger partial charge in [-0.05, 0) is 55.9 Å². The molecule has 21 heavy (non-hydrogen) atoms. The molecule has 116 valence electrons. The Hall–Kier alpha value is -1.40. The number of aryl methyl sites for hydroxylation is 2. The first-order chi connectivity index (χ1) is 9.79. The van der Waals surface area contributed by atoms with E-state index in [9.17, 15) is 13.2 Å². The van der Waals surface area contributed by atoms with Gasteiger partial charge in [-0.2, -0.15) is 4.31 Å². The van der Waals surface area contributed by atoms with Crippen LogP contribution in [-0.4, -0.2) is 36.9 Å². The zero-order chi connectivity index (χ0) is 15.6. The molecule has 5 nitrogen and oxygen atoms in total. The van der Waals surface area contributed by atoms with Crippen molar-refractivity contribution in [1.29, 1.82) is 0 Å². The first-order valence-electron chi connectivity index (χ1n) is 7.09. The molecule has 1 aliphatic rings. The third-order valence-corrected chi connectivity index (χ3v) is 5.75. The van der Waals surface area contributed by atoms with Gasteiger partial charge in [-0.15, -0.1) is 0 Å². The van der Waals surface area contributed by atoms with Crippen LogP contribution in [0.4, 0.5) is 0 Å². The molecule has 1 fully saturated rings. The van der Waals surface area contributed by atoms with Gasteiger partial charge in [0.05, 0.1) is 4.90 Å². The van der Waals surface area contributed by atoms with E-state index in [2.05, 4.69) is 0 Å². The summed E-state index contributed by atoms with van der Waals surface area (Å²) in [6.45, 7) is 4.55. The average molecular weight is 311 g/mol. The van der Waals surface area contributed by atoms with Gasteiger partial charge < -0.3 is 5.11 Å². The highest BCUT2D eigenvalue weighted by molar-refractivity contribution is 7.89. The van der Waals surface area contributed by atoms with Crippen LogP contribution in [0.25, 0.3) is 0 Å². The zero-order valence-corrected chi connectivity index (χ0v) is 13.2. The molecule has 1 saturated heterocycles. The minimum atomic E-state index is -3.47. The fourth-order valence-electron chi connectivity index (χ4n) is 2.83. The summed E-state index contributed by atoms with van der Waals surface area (Å²) in [5.74, 6) is -0.737. The summed E-state index contributed by atoms with van der Waals surface area (Å²) in [6.07, 6.45) is 1.34. The lowest BCUT2D eigenvalue weighted by Crippen LogP contribution is -2.38. The van der Waals surface area contributed by atoms with E-state index in [1.165, 1.54) is 4.31 Å². The lowest BCUT2D eigenvalue weighted by atomic mass is 9.95. The number of carbonyl (C=O) groups is 1. The largest absolute Gasteiger partial charge is 0.481 e. The molecule has 0 bridgehead atoms. The fourth-order valence-corrected chi connectivity index (χ4v) is 4.49. The summed E-state index contributed by atoms with van der Waals surface area (Å²) in [5.41, 5.74) is 1.85. The van der Waals surface area contributed by atoms with Crippen molar-refractivity contribution in [3.8, 4) is 0 Å². The van der Waals surface area contributed by atoms with Gasteiger partial charge in [0.25, 0.3) is 0 Å². The molecule has 1 aromatic carbocycles. The molecule has 1 N–H and O–H groups in total. The lowest BCUT2D eigenvalue weighted by Gasteiger charge is -2.30. The number of hydrogen-bond acceptors (Lipinski definition) is 3. The van der Waals surface area contributed by atoms with E-state index in [1.807, 2.05) is 19.9 Å². The Morgan fingerprint density at radius 3 is 2.19 bits per heavy atom. The maximum atomic E-state index is 12.6. The predicted molar refractivity (Wildman–Crippen MR) is 79.7 cm³/mol. The van der Waals surface area contributed by atoms with E-state index >= 15 is 0 Å². The summed E-state index contributed by atoms with van der Waals surface area (Å²) in [6, 6.07) is 5.31. The molecule has 2 rings (SSSR count). The van der Waals surface area contributed by atoms with E-state index in [0.717, 1.165) is 11.1 Å². The lowest BCUT2D eigenvalue weighted by molar-refractivity contribution is -0.138. The highest BCUT2D eigenvalue weighted by Crippen LogP contribution is 2.26. The predicted octanol–water partition coefficient (Wildman–Crippen LogP) is 2.18. The van der Waals surface area contributed by atoms with Crippen LogP contribution in [0.2, 0.25) is 0 Å². The fraction of sp³-hybridized carbons (Fsp3) is 0.533. The zero-order valence-electron chi connectivity index (χ0n) is 12.4. The summed E-state index contributed by atoms with van der Waals surface area (Å²) in [7, 11) is -3.47. The van der Waals surface area contributed by atoms with Gasteiger partial charge >= 0.3 is 5.97 Å². The van der Waals surface area contributed by atoms with Gasteiger partial charge in [0, 0.05) is 19.5 Å². The highest BCUT2D eigenvalue weighted by atomic mass is 32.2. The molecule has 1 aromatic rings. The molecule has 0 radical (unpaired) electrons. The molecule has 0 atom stereocenters. The van der Waals surface area contributed by atoms with Gasteiger partial charge in [-0.3, -0.25) is 4.79 Å². The number of carboxylic acid groups (broad SMARTS) is 1. The molecule has 6 heteroatoms. The maximum absolute atomic E-state index is 12.6. The van der Waals surface area contributed by atoms with E-state index < -0.39 is 16.0 Å². The Morgan fingerprint density at radius 2 is 1.71 bits per heavy atom. The molecule has 1 heterocycles. The summed E-state index contributed by atoms with van der Waals surface area (Å²) < 4.78 is 26.7. The van der Waals surface area contributed by atoms with Crippen molar-refractivity contribution >= 4 is 16.0 Å². The molecule has 0 unspecified atom stereocenters. The Bertz CT molecular complexity index is 611. The van der Waals surface area contributed by atoms with Crippen molar-refractivity contribution in [2.45, 2.75) is 38.0 Å². The molecular formula is C15H21NO4S. The Kier molecular flexibility index (Phi) is 4.68. The molecule has 0 amide bonds. The highest BCUT2D eigenvalue weighted by Gasteiger charge is 2.30. The molecule has 0 saturated carbocycles. The quantitative estimate of drug-likeness (QED) is 0.925. The normalized spacial score (nSPS) is 17.8. The van der Waals surface area contributed by atoms with Crippen LogP contribution < -0.4 is 0 Å². The van der Waals surface area contributed by atoms with Crippen LogP contribution >= 0.6 is 0 Å². The molecule has 0 aromatic heterocycles. The molecule has 1 aliphatic heterocycles. The standard InChI is InChI=1S/C15H21NO4S/c1-11-7-12(2)9-14(8-11)21(19,20)16-5-3-13(4-6-16)10-15(17)18/h7-9,13H,3-6,10H2,1-2H3,(H,17,18). The van der Waals surface area contributed by atoms with E-state index in [0.29, 0.717) is 30.8 Å². The second-order valence-corrected chi connectivity index (χ2v) is 7.71. The summed E-state index contributed by atoms with van der Waals surface area (Å²) in [4.78, 5) is 11.0. The average Bonchev–Trinajstić information content (AvgIpc) is 2.37. The number of rotatable bonds is 4.